The number of benzene rings is 2. The molecule has 2 heterocycles. The molecule has 7 heteroatoms. The van der Waals surface area contributed by atoms with Crippen molar-refractivity contribution in [1.82, 2.24) is 14.8 Å². The minimum absolute atomic E-state index is 0.332. The summed E-state index contributed by atoms with van der Waals surface area (Å²) >= 11 is 0. The highest BCUT2D eigenvalue weighted by atomic mass is 16.5. The summed E-state index contributed by atoms with van der Waals surface area (Å²) in [6, 6.07) is 19.0. The monoisotopic (exact) mass is 414 g/mol. The lowest BCUT2D eigenvalue weighted by Crippen LogP contribution is -2.33. The molecule has 4 rings (SSSR count). The van der Waals surface area contributed by atoms with Crippen molar-refractivity contribution in [3.63, 3.8) is 0 Å². The average Bonchev–Trinajstić information content (AvgIpc) is 2.79. The topological polar surface area (TPSA) is 86.1 Å². The van der Waals surface area contributed by atoms with E-state index >= 15 is 0 Å². The van der Waals surface area contributed by atoms with Gasteiger partial charge in [-0.1, -0.05) is 6.07 Å². The van der Waals surface area contributed by atoms with E-state index < -0.39 is 6.04 Å². The van der Waals surface area contributed by atoms with E-state index in [9.17, 15) is 9.59 Å². The zero-order valence-electron chi connectivity index (χ0n) is 17.3. The molecule has 0 fully saturated rings. The van der Waals surface area contributed by atoms with E-state index in [0.717, 1.165) is 22.2 Å². The number of ether oxygens (including phenoxy) is 1. The van der Waals surface area contributed by atoms with Crippen molar-refractivity contribution in [3.8, 4) is 17.0 Å². The Morgan fingerprint density at radius 1 is 1.10 bits per heavy atom. The number of carbonyl (C=O) groups excluding carboxylic acids is 1. The smallest absolute Gasteiger partial charge is 0.267 e. The van der Waals surface area contributed by atoms with Crippen LogP contribution in [0, 0.1) is 0 Å². The fraction of sp³-hybridized carbons (Fsp3) is 0.167. The Labute approximate surface area is 179 Å². The third-order valence-corrected chi connectivity index (χ3v) is 4.90. The first-order valence-corrected chi connectivity index (χ1v) is 10.0. The second-order valence-corrected chi connectivity index (χ2v) is 7.03. The van der Waals surface area contributed by atoms with Gasteiger partial charge in [0, 0.05) is 28.9 Å². The quantitative estimate of drug-likeness (QED) is 0.514. The second-order valence-electron chi connectivity index (χ2n) is 7.03. The number of amides is 1. The van der Waals surface area contributed by atoms with E-state index in [1.807, 2.05) is 55.5 Å². The number of aromatic nitrogens is 3. The van der Waals surface area contributed by atoms with Gasteiger partial charge < -0.3 is 10.1 Å². The summed E-state index contributed by atoms with van der Waals surface area (Å²) in [5.74, 6) is 0.430. The van der Waals surface area contributed by atoms with Crippen LogP contribution in [0.25, 0.3) is 22.2 Å². The van der Waals surface area contributed by atoms with Crippen LogP contribution in [0.4, 0.5) is 5.69 Å². The van der Waals surface area contributed by atoms with Gasteiger partial charge in [-0.15, -0.1) is 0 Å². The molecule has 7 nitrogen and oxygen atoms in total. The third kappa shape index (κ3) is 4.45. The van der Waals surface area contributed by atoms with Gasteiger partial charge in [0.15, 0.2) is 0 Å². The number of fused-ring (bicyclic) bond motifs is 1. The Morgan fingerprint density at radius 2 is 1.90 bits per heavy atom. The van der Waals surface area contributed by atoms with Gasteiger partial charge in [-0.25, -0.2) is 4.68 Å². The van der Waals surface area contributed by atoms with E-state index in [1.54, 1.807) is 25.3 Å². The van der Waals surface area contributed by atoms with Gasteiger partial charge in [0.25, 0.3) is 5.56 Å². The van der Waals surface area contributed by atoms with Crippen molar-refractivity contribution >= 4 is 22.5 Å². The van der Waals surface area contributed by atoms with Gasteiger partial charge in [-0.3, -0.25) is 14.6 Å². The Balaban J connectivity index is 1.56. The van der Waals surface area contributed by atoms with E-state index in [-0.39, 0.29) is 11.5 Å². The second kappa shape index (κ2) is 8.79. The SMILES string of the molecule is CCOc1ccc(-c2ccc(=O)n(C(C)C(=O)Nc3ccc4ncccc4c3)n2)cc1. The predicted molar refractivity (Wildman–Crippen MR) is 120 cm³/mol. The lowest BCUT2D eigenvalue weighted by atomic mass is 10.1. The molecule has 1 N–H and O–H groups in total. The van der Waals surface area contributed by atoms with E-state index in [4.69, 9.17) is 4.74 Å². The van der Waals surface area contributed by atoms with Crippen LogP contribution in [-0.2, 0) is 4.79 Å². The van der Waals surface area contributed by atoms with Crippen LogP contribution in [0.5, 0.6) is 5.75 Å². The molecule has 0 saturated carbocycles. The fourth-order valence-electron chi connectivity index (χ4n) is 3.26. The maximum atomic E-state index is 12.8. The Morgan fingerprint density at radius 3 is 2.68 bits per heavy atom. The van der Waals surface area contributed by atoms with Crippen molar-refractivity contribution in [2.45, 2.75) is 19.9 Å². The normalized spacial score (nSPS) is 11.8. The molecular weight excluding hydrogens is 392 g/mol. The number of hydrogen-bond donors (Lipinski definition) is 1. The van der Waals surface area contributed by atoms with Crippen LogP contribution in [0.1, 0.15) is 19.9 Å². The summed E-state index contributed by atoms with van der Waals surface area (Å²) in [7, 11) is 0. The maximum Gasteiger partial charge on any atom is 0.267 e. The third-order valence-electron chi connectivity index (χ3n) is 4.90. The standard InChI is InChI=1S/C24H22N4O3/c1-3-31-20-9-6-17(7-10-20)22-12-13-23(29)28(27-22)16(2)24(30)26-19-8-11-21-18(15-19)5-4-14-25-21/h4-16H,3H2,1-2H3,(H,26,30). The van der Waals surface area contributed by atoms with Crippen LogP contribution in [0.2, 0.25) is 0 Å². The van der Waals surface area contributed by atoms with Gasteiger partial charge in [0.2, 0.25) is 5.91 Å². The number of nitrogens with one attached hydrogen (secondary N) is 1. The molecule has 0 spiro atoms. The highest BCUT2D eigenvalue weighted by Gasteiger charge is 2.18. The predicted octanol–water partition coefficient (Wildman–Crippen LogP) is 4.06. The first kappa shape index (κ1) is 20.3. The van der Waals surface area contributed by atoms with Crippen molar-refractivity contribution in [3.05, 3.63) is 83.3 Å². The number of carbonyl (C=O) groups is 1. The van der Waals surface area contributed by atoms with Gasteiger partial charge in [-0.05, 0) is 68.4 Å². The van der Waals surface area contributed by atoms with Gasteiger partial charge in [0.1, 0.15) is 11.8 Å². The molecule has 4 aromatic rings. The summed E-state index contributed by atoms with van der Waals surface area (Å²) in [6.07, 6.45) is 1.72. The minimum atomic E-state index is -0.792. The zero-order valence-corrected chi connectivity index (χ0v) is 17.3. The molecule has 1 unspecified atom stereocenters. The molecule has 1 amide bonds. The molecule has 31 heavy (non-hydrogen) atoms. The fourth-order valence-corrected chi connectivity index (χ4v) is 3.26. The molecule has 2 aromatic carbocycles. The lowest BCUT2D eigenvalue weighted by molar-refractivity contribution is -0.119. The van der Waals surface area contributed by atoms with Crippen molar-refractivity contribution in [2.24, 2.45) is 0 Å². The van der Waals surface area contributed by atoms with Crippen molar-refractivity contribution < 1.29 is 9.53 Å². The maximum absolute atomic E-state index is 12.8. The summed E-state index contributed by atoms with van der Waals surface area (Å²) in [4.78, 5) is 29.5. The van der Waals surface area contributed by atoms with Crippen LogP contribution in [0.15, 0.2) is 77.7 Å². The van der Waals surface area contributed by atoms with E-state index in [1.165, 1.54) is 10.7 Å². The summed E-state index contributed by atoms with van der Waals surface area (Å²) < 4.78 is 6.66. The molecule has 0 aliphatic carbocycles. The average molecular weight is 414 g/mol. The molecule has 0 saturated heterocycles. The zero-order chi connectivity index (χ0) is 21.8. The number of pyridine rings is 1. The molecule has 2 aromatic heterocycles. The van der Waals surface area contributed by atoms with E-state index in [0.29, 0.717) is 18.0 Å². The van der Waals surface area contributed by atoms with Gasteiger partial charge >= 0.3 is 0 Å². The number of hydrogen-bond acceptors (Lipinski definition) is 5. The molecule has 0 aliphatic heterocycles. The largest absolute Gasteiger partial charge is 0.494 e. The minimum Gasteiger partial charge on any atom is -0.494 e. The summed E-state index contributed by atoms with van der Waals surface area (Å²) in [5.41, 5.74) is 2.55. The lowest BCUT2D eigenvalue weighted by Gasteiger charge is -2.15. The first-order valence-electron chi connectivity index (χ1n) is 10.0. The molecule has 0 bridgehead atoms. The number of anilines is 1. The molecule has 0 aliphatic rings. The van der Waals surface area contributed by atoms with Crippen LogP contribution in [0.3, 0.4) is 0 Å². The van der Waals surface area contributed by atoms with E-state index in [2.05, 4.69) is 15.4 Å². The Kier molecular flexibility index (Phi) is 5.75. The number of rotatable bonds is 6. The Bertz CT molecular complexity index is 1280. The van der Waals surface area contributed by atoms with Crippen LogP contribution >= 0.6 is 0 Å². The highest BCUT2D eigenvalue weighted by Crippen LogP contribution is 2.21. The molecule has 0 radical (unpaired) electrons. The number of nitrogens with zero attached hydrogens (tertiary/aromatic N) is 3. The highest BCUT2D eigenvalue weighted by molar-refractivity contribution is 5.95. The first-order chi connectivity index (χ1) is 15.0. The molecule has 1 atom stereocenters. The van der Waals surface area contributed by atoms with Crippen LogP contribution in [-0.4, -0.2) is 27.3 Å². The molecular formula is C24H22N4O3. The molecule has 156 valence electrons. The Hall–Kier alpha value is -4.00. The van der Waals surface area contributed by atoms with Crippen molar-refractivity contribution in [2.75, 3.05) is 11.9 Å². The summed E-state index contributed by atoms with van der Waals surface area (Å²) in [5, 5.41) is 8.20. The van der Waals surface area contributed by atoms with Crippen molar-refractivity contribution in [1.29, 1.82) is 0 Å². The summed E-state index contributed by atoms with van der Waals surface area (Å²) in [6.45, 7) is 4.16. The van der Waals surface area contributed by atoms with Gasteiger partial charge in [-0.2, -0.15) is 5.10 Å². The van der Waals surface area contributed by atoms with Gasteiger partial charge in [0.05, 0.1) is 17.8 Å². The van der Waals surface area contributed by atoms with Crippen LogP contribution < -0.4 is 15.6 Å².